The quantitative estimate of drug-likeness (QED) is 0.774. The first-order valence-corrected chi connectivity index (χ1v) is 4.98. The van der Waals surface area contributed by atoms with Gasteiger partial charge in [-0.3, -0.25) is 9.48 Å². The second-order valence-corrected chi connectivity index (χ2v) is 3.80. The van der Waals surface area contributed by atoms with Crippen molar-refractivity contribution in [2.45, 2.75) is 38.6 Å². The van der Waals surface area contributed by atoms with Crippen LogP contribution < -0.4 is 0 Å². The highest BCUT2D eigenvalue weighted by atomic mass is 16.4. The summed E-state index contributed by atoms with van der Waals surface area (Å²) in [4.78, 5) is 10.8. The van der Waals surface area contributed by atoms with Gasteiger partial charge in [-0.25, -0.2) is 0 Å². The van der Waals surface area contributed by atoms with Crippen LogP contribution >= 0.6 is 0 Å². The van der Waals surface area contributed by atoms with Crippen molar-refractivity contribution in [1.29, 1.82) is 0 Å². The fourth-order valence-electron chi connectivity index (χ4n) is 1.78. The number of aryl methyl sites for hydroxylation is 2. The summed E-state index contributed by atoms with van der Waals surface area (Å²) >= 11 is 0. The van der Waals surface area contributed by atoms with Gasteiger partial charge in [-0.15, -0.1) is 0 Å². The van der Waals surface area contributed by atoms with Gasteiger partial charge in [0, 0.05) is 12.2 Å². The number of rotatable bonds is 2. The first kappa shape index (κ1) is 9.24. The van der Waals surface area contributed by atoms with E-state index in [1.165, 1.54) is 12.1 Å². The molecule has 1 N–H and O–H groups in total. The summed E-state index contributed by atoms with van der Waals surface area (Å²) in [6.07, 6.45) is 3.36. The second-order valence-electron chi connectivity index (χ2n) is 3.80. The van der Waals surface area contributed by atoms with Crippen LogP contribution in [0.25, 0.3) is 0 Å². The Morgan fingerprint density at radius 2 is 2.43 bits per heavy atom. The lowest BCUT2D eigenvalue weighted by Crippen LogP contribution is -2.12. The average molecular weight is 194 g/mol. The van der Waals surface area contributed by atoms with Crippen molar-refractivity contribution in [3.8, 4) is 0 Å². The topological polar surface area (TPSA) is 55.1 Å². The number of hydrogen-bond acceptors (Lipinski definition) is 2. The van der Waals surface area contributed by atoms with Crippen LogP contribution in [0.1, 0.15) is 37.1 Å². The van der Waals surface area contributed by atoms with Crippen LogP contribution in [0.15, 0.2) is 6.07 Å². The zero-order chi connectivity index (χ0) is 10.1. The van der Waals surface area contributed by atoms with Crippen molar-refractivity contribution in [2.24, 2.45) is 0 Å². The van der Waals surface area contributed by atoms with Gasteiger partial charge in [0.05, 0.1) is 11.6 Å². The van der Waals surface area contributed by atoms with Crippen molar-refractivity contribution < 1.29 is 9.90 Å². The molecule has 76 valence electrons. The van der Waals surface area contributed by atoms with Crippen molar-refractivity contribution in [2.75, 3.05) is 0 Å². The number of carboxylic acids is 1. The van der Waals surface area contributed by atoms with Gasteiger partial charge < -0.3 is 5.11 Å². The first-order chi connectivity index (χ1) is 6.68. The molecule has 1 aromatic heterocycles. The van der Waals surface area contributed by atoms with Gasteiger partial charge >= 0.3 is 5.97 Å². The van der Waals surface area contributed by atoms with Gasteiger partial charge in [0.1, 0.15) is 0 Å². The molecule has 2 rings (SSSR count). The lowest BCUT2D eigenvalue weighted by Gasteiger charge is -2.11. The molecule has 1 atom stereocenters. The lowest BCUT2D eigenvalue weighted by molar-refractivity contribution is -0.138. The molecule has 0 amide bonds. The summed E-state index contributed by atoms with van der Waals surface area (Å²) in [6, 6.07) is 1.93. The standard InChI is InChI=1S/C10H14N2O2/c1-7(10(13)14)9-6-8-4-2-3-5-12(8)11-9/h6-7H,2-5H2,1H3,(H,13,14). The van der Waals surface area contributed by atoms with E-state index in [4.69, 9.17) is 5.11 Å². The smallest absolute Gasteiger partial charge is 0.312 e. The van der Waals surface area contributed by atoms with Crippen molar-refractivity contribution >= 4 is 5.97 Å². The highest BCUT2D eigenvalue weighted by molar-refractivity contribution is 5.74. The molecule has 0 saturated heterocycles. The molecule has 1 aromatic rings. The molecule has 1 aliphatic heterocycles. The Kier molecular flexibility index (Phi) is 2.27. The number of fused-ring (bicyclic) bond motifs is 1. The molecule has 1 unspecified atom stereocenters. The Morgan fingerprint density at radius 1 is 1.64 bits per heavy atom. The molecule has 0 aliphatic carbocycles. The number of carbonyl (C=O) groups is 1. The Balaban J connectivity index is 2.28. The van der Waals surface area contributed by atoms with Crippen molar-refractivity contribution in [3.63, 3.8) is 0 Å². The van der Waals surface area contributed by atoms with Gasteiger partial charge in [0.2, 0.25) is 0 Å². The van der Waals surface area contributed by atoms with Crippen molar-refractivity contribution in [1.82, 2.24) is 9.78 Å². The molecule has 0 aromatic carbocycles. The van der Waals surface area contributed by atoms with E-state index in [2.05, 4.69) is 5.10 Å². The van der Waals surface area contributed by atoms with E-state index < -0.39 is 11.9 Å². The molecule has 0 bridgehead atoms. The zero-order valence-electron chi connectivity index (χ0n) is 8.23. The molecule has 2 heterocycles. The lowest BCUT2D eigenvalue weighted by atomic mass is 10.1. The molecule has 0 saturated carbocycles. The van der Waals surface area contributed by atoms with Crippen LogP contribution in [-0.2, 0) is 17.8 Å². The third-order valence-corrected chi connectivity index (χ3v) is 2.75. The number of carboxylic acid groups (broad SMARTS) is 1. The van der Waals surface area contributed by atoms with Gasteiger partial charge in [0.15, 0.2) is 0 Å². The van der Waals surface area contributed by atoms with E-state index in [0.717, 1.165) is 19.4 Å². The van der Waals surface area contributed by atoms with Gasteiger partial charge in [-0.05, 0) is 32.3 Å². The van der Waals surface area contributed by atoms with E-state index in [-0.39, 0.29) is 0 Å². The summed E-state index contributed by atoms with van der Waals surface area (Å²) in [7, 11) is 0. The van der Waals surface area contributed by atoms with E-state index in [1.54, 1.807) is 6.92 Å². The predicted molar refractivity (Wildman–Crippen MR) is 51.2 cm³/mol. The summed E-state index contributed by atoms with van der Waals surface area (Å²) in [6.45, 7) is 2.61. The Bertz CT molecular complexity index is 334. The molecular formula is C10H14N2O2. The number of aliphatic carboxylic acids is 1. The minimum atomic E-state index is -0.805. The van der Waals surface area contributed by atoms with Crippen LogP contribution in [-0.4, -0.2) is 20.9 Å². The molecule has 14 heavy (non-hydrogen) atoms. The second kappa shape index (κ2) is 3.44. The summed E-state index contributed by atoms with van der Waals surface area (Å²) in [5, 5.41) is 13.2. The molecular weight excluding hydrogens is 180 g/mol. The highest BCUT2D eigenvalue weighted by Crippen LogP contribution is 2.20. The molecule has 4 heteroatoms. The maximum Gasteiger partial charge on any atom is 0.312 e. The predicted octanol–water partition coefficient (Wildman–Crippen LogP) is 1.41. The molecule has 0 fully saturated rings. The van der Waals surface area contributed by atoms with Gasteiger partial charge in [-0.1, -0.05) is 0 Å². The number of nitrogens with zero attached hydrogens (tertiary/aromatic N) is 2. The molecule has 0 radical (unpaired) electrons. The first-order valence-electron chi connectivity index (χ1n) is 4.98. The molecule has 1 aliphatic rings. The summed E-state index contributed by atoms with van der Waals surface area (Å²) in [5.74, 6) is -1.30. The minimum Gasteiger partial charge on any atom is -0.481 e. The van der Waals surface area contributed by atoms with Crippen molar-refractivity contribution in [3.05, 3.63) is 17.5 Å². The van der Waals surface area contributed by atoms with Crippen LogP contribution in [0, 0.1) is 0 Å². The van der Waals surface area contributed by atoms with Gasteiger partial charge in [0.25, 0.3) is 0 Å². The van der Waals surface area contributed by atoms with E-state index in [0.29, 0.717) is 5.69 Å². The van der Waals surface area contributed by atoms with Crippen LogP contribution in [0.3, 0.4) is 0 Å². The largest absolute Gasteiger partial charge is 0.481 e. The van der Waals surface area contributed by atoms with E-state index >= 15 is 0 Å². The summed E-state index contributed by atoms with van der Waals surface area (Å²) < 4.78 is 1.94. The van der Waals surface area contributed by atoms with E-state index in [1.807, 2.05) is 10.7 Å². The highest BCUT2D eigenvalue weighted by Gasteiger charge is 2.20. The Hall–Kier alpha value is -1.32. The zero-order valence-corrected chi connectivity index (χ0v) is 8.23. The Labute approximate surface area is 82.5 Å². The Morgan fingerprint density at radius 3 is 3.07 bits per heavy atom. The fourth-order valence-corrected chi connectivity index (χ4v) is 1.78. The van der Waals surface area contributed by atoms with Crippen LogP contribution in [0.5, 0.6) is 0 Å². The average Bonchev–Trinajstić information content (AvgIpc) is 2.59. The maximum atomic E-state index is 10.8. The number of hydrogen-bond donors (Lipinski definition) is 1. The SMILES string of the molecule is CC(C(=O)O)c1cc2n(n1)CCCC2. The van der Waals surface area contributed by atoms with E-state index in [9.17, 15) is 4.79 Å². The third-order valence-electron chi connectivity index (χ3n) is 2.75. The minimum absolute atomic E-state index is 0.493. The van der Waals surface area contributed by atoms with Crippen LogP contribution in [0.4, 0.5) is 0 Å². The summed E-state index contributed by atoms with van der Waals surface area (Å²) in [5.41, 5.74) is 1.87. The molecule has 4 nitrogen and oxygen atoms in total. The van der Waals surface area contributed by atoms with Crippen LogP contribution in [0.2, 0.25) is 0 Å². The monoisotopic (exact) mass is 194 g/mol. The normalized spacial score (nSPS) is 17.5. The third kappa shape index (κ3) is 1.52. The maximum absolute atomic E-state index is 10.8. The molecule has 0 spiro atoms. The van der Waals surface area contributed by atoms with Gasteiger partial charge in [-0.2, -0.15) is 5.10 Å². The fraction of sp³-hybridized carbons (Fsp3) is 0.600. The number of aromatic nitrogens is 2.